The minimum Gasteiger partial charge on any atom is -0.383 e. The molecule has 0 aliphatic carbocycles. The summed E-state index contributed by atoms with van der Waals surface area (Å²) in [5.74, 6) is 0. The molecule has 6 heteroatoms. The van der Waals surface area contributed by atoms with Gasteiger partial charge in [-0.3, -0.25) is 0 Å². The Kier molecular flexibility index (Phi) is 5.60. The smallest absolute Gasteiger partial charge is 0.114 e. The highest BCUT2D eigenvalue weighted by Crippen LogP contribution is 2.28. The van der Waals surface area contributed by atoms with E-state index in [1.165, 1.54) is 0 Å². The fraction of sp³-hybridized carbons (Fsp3) is 0.308. The number of nitrogens with zero attached hydrogens (tertiary/aromatic N) is 1. The molecule has 0 spiro atoms. The molecule has 3 nitrogen and oxygen atoms in total. The first-order chi connectivity index (χ1) is 9.20. The third-order valence-electron chi connectivity index (χ3n) is 2.57. The highest BCUT2D eigenvalue weighted by Gasteiger charge is 2.17. The van der Waals surface area contributed by atoms with Gasteiger partial charge in [0.05, 0.1) is 12.6 Å². The Morgan fingerprint density at radius 1 is 1.32 bits per heavy atom. The zero-order valence-corrected chi connectivity index (χ0v) is 12.7. The van der Waals surface area contributed by atoms with Crippen LogP contribution in [0.15, 0.2) is 29.8 Å². The van der Waals surface area contributed by atoms with E-state index in [1.54, 1.807) is 30.7 Å². The normalized spacial score (nSPS) is 12.6. The summed E-state index contributed by atoms with van der Waals surface area (Å²) in [6.45, 7) is 1.36. The largest absolute Gasteiger partial charge is 0.383 e. The van der Waals surface area contributed by atoms with Crippen molar-refractivity contribution >= 4 is 34.5 Å². The van der Waals surface area contributed by atoms with Gasteiger partial charge in [0, 0.05) is 35.3 Å². The van der Waals surface area contributed by atoms with Crippen LogP contribution in [0.4, 0.5) is 0 Å². The molecule has 1 atom stereocenters. The van der Waals surface area contributed by atoms with Gasteiger partial charge in [-0.05, 0) is 23.8 Å². The first-order valence-corrected chi connectivity index (χ1v) is 7.42. The lowest BCUT2D eigenvalue weighted by Gasteiger charge is -2.17. The molecule has 1 unspecified atom stereocenters. The molecule has 2 rings (SSSR count). The van der Waals surface area contributed by atoms with Crippen LogP contribution in [0.1, 0.15) is 16.6 Å². The van der Waals surface area contributed by atoms with E-state index >= 15 is 0 Å². The standard InChI is InChI=1S/C13H14Cl2N2OS/c1-18-4-2-16-12(13-17-3-5-19-13)9-6-10(14)8-11(15)7-9/h3,5-8,12,16H,2,4H2,1H3. The second-order valence-electron chi connectivity index (χ2n) is 3.95. The predicted molar refractivity (Wildman–Crippen MR) is 80.3 cm³/mol. The molecule has 0 radical (unpaired) electrons. The molecule has 102 valence electrons. The average Bonchev–Trinajstić information content (AvgIpc) is 2.87. The van der Waals surface area contributed by atoms with Gasteiger partial charge >= 0.3 is 0 Å². The number of aromatic nitrogens is 1. The number of thiazole rings is 1. The highest BCUT2D eigenvalue weighted by molar-refractivity contribution is 7.09. The molecule has 1 heterocycles. The minimum atomic E-state index is -0.0219. The average molecular weight is 317 g/mol. The molecule has 0 fully saturated rings. The summed E-state index contributed by atoms with van der Waals surface area (Å²) in [5, 5.41) is 7.58. The Hall–Kier alpha value is -0.650. The lowest BCUT2D eigenvalue weighted by atomic mass is 10.1. The lowest BCUT2D eigenvalue weighted by Crippen LogP contribution is -2.25. The molecule has 19 heavy (non-hydrogen) atoms. The summed E-state index contributed by atoms with van der Waals surface area (Å²) in [5.41, 5.74) is 1.00. The van der Waals surface area contributed by atoms with Gasteiger partial charge < -0.3 is 10.1 Å². The molecule has 0 saturated carbocycles. The van der Waals surface area contributed by atoms with E-state index in [1.807, 2.05) is 17.5 Å². The van der Waals surface area contributed by atoms with Crippen LogP contribution in [0.3, 0.4) is 0 Å². The number of hydrogen-bond acceptors (Lipinski definition) is 4. The maximum Gasteiger partial charge on any atom is 0.114 e. The number of nitrogens with one attached hydrogen (secondary N) is 1. The van der Waals surface area contributed by atoms with Gasteiger partial charge in [0.25, 0.3) is 0 Å². The zero-order chi connectivity index (χ0) is 13.7. The number of rotatable bonds is 6. The van der Waals surface area contributed by atoms with Crippen LogP contribution in [-0.2, 0) is 4.74 Å². The van der Waals surface area contributed by atoms with E-state index in [-0.39, 0.29) is 6.04 Å². The molecule has 0 bridgehead atoms. The summed E-state index contributed by atoms with van der Waals surface area (Å²) in [6.07, 6.45) is 1.79. The van der Waals surface area contributed by atoms with E-state index in [0.29, 0.717) is 16.7 Å². The molecule has 1 aromatic carbocycles. The number of ether oxygens (including phenoxy) is 1. The Labute approximate surface area is 126 Å². The third kappa shape index (κ3) is 4.16. The van der Waals surface area contributed by atoms with Crippen molar-refractivity contribution in [3.8, 4) is 0 Å². The number of methoxy groups -OCH3 is 1. The van der Waals surface area contributed by atoms with Crippen molar-refractivity contribution in [2.75, 3.05) is 20.3 Å². The topological polar surface area (TPSA) is 34.1 Å². The van der Waals surface area contributed by atoms with Gasteiger partial charge in [0.1, 0.15) is 5.01 Å². The van der Waals surface area contributed by atoms with Crippen LogP contribution in [0.5, 0.6) is 0 Å². The predicted octanol–water partition coefficient (Wildman–Crippen LogP) is 3.78. The Balaban J connectivity index is 2.25. The summed E-state index contributed by atoms with van der Waals surface area (Å²) in [6, 6.07) is 5.51. The molecule has 2 aromatic rings. The molecule has 0 aliphatic rings. The number of halogens is 2. The molecular weight excluding hydrogens is 303 g/mol. The minimum absolute atomic E-state index is 0.0219. The second kappa shape index (κ2) is 7.22. The maximum atomic E-state index is 6.06. The molecule has 1 aromatic heterocycles. The maximum absolute atomic E-state index is 6.06. The van der Waals surface area contributed by atoms with Gasteiger partial charge in [-0.25, -0.2) is 4.98 Å². The molecule has 0 amide bonds. The highest BCUT2D eigenvalue weighted by atomic mass is 35.5. The SMILES string of the molecule is COCCNC(c1cc(Cl)cc(Cl)c1)c1nccs1. The van der Waals surface area contributed by atoms with Crippen LogP contribution in [0, 0.1) is 0 Å². The zero-order valence-electron chi connectivity index (χ0n) is 10.4. The van der Waals surface area contributed by atoms with Gasteiger partial charge in [-0.15, -0.1) is 11.3 Å². The van der Waals surface area contributed by atoms with Gasteiger partial charge in [-0.1, -0.05) is 23.2 Å². The van der Waals surface area contributed by atoms with Gasteiger partial charge in [0.15, 0.2) is 0 Å². The van der Waals surface area contributed by atoms with Gasteiger partial charge in [-0.2, -0.15) is 0 Å². The van der Waals surface area contributed by atoms with E-state index in [0.717, 1.165) is 17.1 Å². The Morgan fingerprint density at radius 2 is 2.05 bits per heavy atom. The van der Waals surface area contributed by atoms with Crippen molar-refractivity contribution in [2.45, 2.75) is 6.04 Å². The van der Waals surface area contributed by atoms with Crippen molar-refractivity contribution in [1.82, 2.24) is 10.3 Å². The third-order valence-corrected chi connectivity index (χ3v) is 3.85. The first kappa shape index (κ1) is 14.8. The van der Waals surface area contributed by atoms with Crippen molar-refractivity contribution in [2.24, 2.45) is 0 Å². The fourth-order valence-electron chi connectivity index (χ4n) is 1.77. The summed E-state index contributed by atoms with van der Waals surface area (Å²) in [7, 11) is 1.68. The van der Waals surface area contributed by atoms with Gasteiger partial charge in [0.2, 0.25) is 0 Å². The molecular formula is C13H14Cl2N2OS. The van der Waals surface area contributed by atoms with Crippen molar-refractivity contribution in [1.29, 1.82) is 0 Å². The Morgan fingerprint density at radius 3 is 2.63 bits per heavy atom. The van der Waals surface area contributed by atoms with Crippen LogP contribution in [0.25, 0.3) is 0 Å². The number of hydrogen-bond donors (Lipinski definition) is 1. The van der Waals surface area contributed by atoms with Crippen LogP contribution >= 0.6 is 34.5 Å². The Bertz CT molecular complexity index is 499. The monoisotopic (exact) mass is 316 g/mol. The van der Waals surface area contributed by atoms with E-state index in [4.69, 9.17) is 27.9 Å². The quantitative estimate of drug-likeness (QED) is 0.824. The first-order valence-electron chi connectivity index (χ1n) is 5.78. The van der Waals surface area contributed by atoms with Crippen molar-refractivity contribution in [3.63, 3.8) is 0 Å². The van der Waals surface area contributed by atoms with Crippen molar-refractivity contribution < 1.29 is 4.74 Å². The van der Waals surface area contributed by atoms with Crippen molar-refractivity contribution in [3.05, 3.63) is 50.4 Å². The van der Waals surface area contributed by atoms with Crippen LogP contribution in [0.2, 0.25) is 10.0 Å². The van der Waals surface area contributed by atoms with E-state index < -0.39 is 0 Å². The molecule has 0 aliphatic heterocycles. The second-order valence-corrected chi connectivity index (χ2v) is 5.75. The lowest BCUT2D eigenvalue weighted by molar-refractivity contribution is 0.197. The number of benzene rings is 1. The summed E-state index contributed by atoms with van der Waals surface area (Å²) < 4.78 is 5.06. The molecule has 0 saturated heterocycles. The van der Waals surface area contributed by atoms with E-state index in [2.05, 4.69) is 10.3 Å². The molecule has 1 N–H and O–H groups in total. The summed E-state index contributed by atoms with van der Waals surface area (Å²) >= 11 is 13.7. The fourth-order valence-corrected chi connectivity index (χ4v) is 3.05. The van der Waals surface area contributed by atoms with Crippen LogP contribution in [-0.4, -0.2) is 25.2 Å². The van der Waals surface area contributed by atoms with Crippen LogP contribution < -0.4 is 5.32 Å². The summed E-state index contributed by atoms with van der Waals surface area (Å²) in [4.78, 5) is 4.36. The van der Waals surface area contributed by atoms with E-state index in [9.17, 15) is 0 Å².